The highest BCUT2D eigenvalue weighted by atomic mass is 16.5. The molecule has 1 saturated heterocycles. The summed E-state index contributed by atoms with van der Waals surface area (Å²) in [7, 11) is 2.09. The highest BCUT2D eigenvalue weighted by Gasteiger charge is 2.19. The molecule has 1 heterocycles. The van der Waals surface area contributed by atoms with Crippen LogP contribution in [0.4, 0.5) is 5.69 Å². The molecule has 1 atom stereocenters. The minimum absolute atomic E-state index is 0.0623. The second-order valence-corrected chi connectivity index (χ2v) is 5.57. The van der Waals surface area contributed by atoms with Crippen LogP contribution >= 0.6 is 0 Å². The van der Waals surface area contributed by atoms with Gasteiger partial charge >= 0.3 is 0 Å². The van der Waals surface area contributed by atoms with E-state index in [9.17, 15) is 4.79 Å². The third-order valence-electron chi connectivity index (χ3n) is 3.82. The zero-order valence-electron chi connectivity index (χ0n) is 12.7. The Morgan fingerprint density at radius 1 is 1.18 bits per heavy atom. The highest BCUT2D eigenvalue weighted by molar-refractivity contribution is 6.04. The third kappa shape index (κ3) is 3.53. The first-order valence-corrected chi connectivity index (χ1v) is 7.49. The third-order valence-corrected chi connectivity index (χ3v) is 3.82. The van der Waals surface area contributed by atoms with Gasteiger partial charge in [0.2, 0.25) is 0 Å². The first-order chi connectivity index (χ1) is 10.7. The van der Waals surface area contributed by atoms with Gasteiger partial charge in [0, 0.05) is 24.3 Å². The molecule has 0 bridgehead atoms. The van der Waals surface area contributed by atoms with E-state index in [-0.39, 0.29) is 12.0 Å². The summed E-state index contributed by atoms with van der Waals surface area (Å²) in [6, 6.07) is 17.1. The topological polar surface area (TPSA) is 41.6 Å². The van der Waals surface area contributed by atoms with Crippen molar-refractivity contribution in [3.63, 3.8) is 0 Å². The van der Waals surface area contributed by atoms with Crippen LogP contribution in [0.25, 0.3) is 0 Å². The number of nitrogens with zero attached hydrogens (tertiary/aromatic N) is 1. The molecule has 1 unspecified atom stereocenters. The minimum Gasteiger partial charge on any atom is -0.371 e. The number of rotatable bonds is 3. The van der Waals surface area contributed by atoms with Gasteiger partial charge in [-0.05, 0) is 36.9 Å². The molecule has 3 rings (SSSR count). The summed E-state index contributed by atoms with van der Waals surface area (Å²) in [5.41, 5.74) is 2.54. The molecule has 0 radical (unpaired) electrons. The summed E-state index contributed by atoms with van der Waals surface area (Å²) in [5, 5.41) is 2.94. The van der Waals surface area contributed by atoms with Crippen molar-refractivity contribution in [3.8, 4) is 0 Å². The second-order valence-electron chi connectivity index (χ2n) is 5.57. The molecule has 0 saturated carbocycles. The van der Waals surface area contributed by atoms with Crippen molar-refractivity contribution in [3.05, 3.63) is 65.7 Å². The van der Waals surface area contributed by atoms with Gasteiger partial charge in [-0.2, -0.15) is 0 Å². The van der Waals surface area contributed by atoms with E-state index in [1.807, 2.05) is 42.5 Å². The predicted octanol–water partition coefficient (Wildman–Crippen LogP) is 2.94. The number of ether oxygens (including phenoxy) is 1. The van der Waals surface area contributed by atoms with Crippen molar-refractivity contribution in [2.45, 2.75) is 6.10 Å². The quantitative estimate of drug-likeness (QED) is 0.947. The van der Waals surface area contributed by atoms with Crippen molar-refractivity contribution in [1.29, 1.82) is 0 Å². The largest absolute Gasteiger partial charge is 0.371 e. The smallest absolute Gasteiger partial charge is 0.255 e. The van der Waals surface area contributed by atoms with Gasteiger partial charge in [-0.15, -0.1) is 0 Å². The summed E-state index contributed by atoms with van der Waals surface area (Å²) in [5.74, 6) is -0.0977. The van der Waals surface area contributed by atoms with Crippen LogP contribution in [0.3, 0.4) is 0 Å². The summed E-state index contributed by atoms with van der Waals surface area (Å²) in [6.45, 7) is 2.57. The monoisotopic (exact) mass is 296 g/mol. The van der Waals surface area contributed by atoms with Crippen LogP contribution in [0.15, 0.2) is 54.6 Å². The van der Waals surface area contributed by atoms with E-state index in [4.69, 9.17) is 4.74 Å². The first kappa shape index (κ1) is 14.8. The highest BCUT2D eigenvalue weighted by Crippen LogP contribution is 2.24. The number of amides is 1. The lowest BCUT2D eigenvalue weighted by molar-refractivity contribution is -0.0208. The van der Waals surface area contributed by atoms with Crippen molar-refractivity contribution in [1.82, 2.24) is 4.90 Å². The van der Waals surface area contributed by atoms with Gasteiger partial charge < -0.3 is 15.0 Å². The number of nitrogens with one attached hydrogen (secondary N) is 1. The fraction of sp³-hybridized carbons (Fsp3) is 0.278. The first-order valence-electron chi connectivity index (χ1n) is 7.49. The molecule has 1 N–H and O–H groups in total. The molecule has 2 aromatic carbocycles. The lowest BCUT2D eigenvalue weighted by Crippen LogP contribution is -2.35. The maximum atomic E-state index is 12.2. The molecule has 0 aliphatic carbocycles. The molecule has 0 spiro atoms. The van der Waals surface area contributed by atoms with E-state index in [0.717, 1.165) is 30.9 Å². The van der Waals surface area contributed by atoms with Gasteiger partial charge in [-0.3, -0.25) is 4.79 Å². The predicted molar refractivity (Wildman–Crippen MR) is 87.0 cm³/mol. The van der Waals surface area contributed by atoms with Crippen LogP contribution < -0.4 is 5.32 Å². The van der Waals surface area contributed by atoms with Gasteiger partial charge in [0.1, 0.15) is 0 Å². The Morgan fingerprint density at radius 3 is 2.77 bits per heavy atom. The Hall–Kier alpha value is -2.17. The SMILES string of the molecule is CN1CCOC(c2cccc(NC(=O)c3ccccc3)c2)C1. The molecular formula is C18H20N2O2. The fourth-order valence-electron chi connectivity index (χ4n) is 2.59. The Balaban J connectivity index is 1.72. The summed E-state index contributed by atoms with van der Waals surface area (Å²) in [4.78, 5) is 14.5. The van der Waals surface area contributed by atoms with Gasteiger partial charge in [0.25, 0.3) is 5.91 Å². The van der Waals surface area contributed by atoms with E-state index >= 15 is 0 Å². The lowest BCUT2D eigenvalue weighted by Gasteiger charge is -2.30. The molecule has 114 valence electrons. The Bertz CT molecular complexity index is 643. The van der Waals surface area contributed by atoms with E-state index < -0.39 is 0 Å². The van der Waals surface area contributed by atoms with Crippen molar-refractivity contribution >= 4 is 11.6 Å². The molecular weight excluding hydrogens is 276 g/mol. The Labute approximate surface area is 130 Å². The second kappa shape index (κ2) is 6.73. The molecule has 1 amide bonds. The number of likely N-dealkylation sites (N-methyl/N-ethyl adjacent to an activating group) is 1. The van der Waals surface area contributed by atoms with Crippen LogP contribution in [0.5, 0.6) is 0 Å². The maximum absolute atomic E-state index is 12.2. The van der Waals surface area contributed by atoms with Crippen LogP contribution in [0.1, 0.15) is 22.0 Å². The summed E-state index contributed by atoms with van der Waals surface area (Å²) < 4.78 is 5.82. The van der Waals surface area contributed by atoms with Crippen LogP contribution in [0.2, 0.25) is 0 Å². The summed E-state index contributed by atoms with van der Waals surface area (Å²) >= 11 is 0. The number of hydrogen-bond acceptors (Lipinski definition) is 3. The Kier molecular flexibility index (Phi) is 4.51. The minimum atomic E-state index is -0.0977. The van der Waals surface area contributed by atoms with E-state index in [1.54, 1.807) is 12.1 Å². The Morgan fingerprint density at radius 2 is 2.00 bits per heavy atom. The standard InChI is InChI=1S/C18H20N2O2/c1-20-10-11-22-17(13-20)15-8-5-9-16(12-15)19-18(21)14-6-3-2-4-7-14/h2-9,12,17H,10-11,13H2,1H3,(H,19,21). The normalized spacial score (nSPS) is 18.9. The average molecular weight is 296 g/mol. The zero-order valence-corrected chi connectivity index (χ0v) is 12.7. The molecule has 1 aliphatic rings. The van der Waals surface area contributed by atoms with Gasteiger partial charge in [-0.1, -0.05) is 30.3 Å². The molecule has 22 heavy (non-hydrogen) atoms. The van der Waals surface area contributed by atoms with Crippen LogP contribution in [-0.4, -0.2) is 37.6 Å². The number of morpholine rings is 1. The average Bonchev–Trinajstić information content (AvgIpc) is 2.56. The molecule has 1 fully saturated rings. The number of anilines is 1. The van der Waals surface area contributed by atoms with Crippen LogP contribution in [-0.2, 0) is 4.74 Å². The van der Waals surface area contributed by atoms with Crippen molar-refractivity contribution in [2.24, 2.45) is 0 Å². The number of carbonyl (C=O) groups is 1. The van der Waals surface area contributed by atoms with Crippen molar-refractivity contribution < 1.29 is 9.53 Å². The van der Waals surface area contributed by atoms with Gasteiger partial charge in [0.05, 0.1) is 12.7 Å². The van der Waals surface area contributed by atoms with Gasteiger partial charge in [0.15, 0.2) is 0 Å². The van der Waals surface area contributed by atoms with Crippen LogP contribution in [0, 0.1) is 0 Å². The van der Waals surface area contributed by atoms with Gasteiger partial charge in [-0.25, -0.2) is 0 Å². The van der Waals surface area contributed by atoms with E-state index in [0.29, 0.717) is 5.56 Å². The number of carbonyl (C=O) groups excluding carboxylic acids is 1. The van der Waals surface area contributed by atoms with E-state index in [1.165, 1.54) is 0 Å². The maximum Gasteiger partial charge on any atom is 0.255 e. The summed E-state index contributed by atoms with van der Waals surface area (Å²) in [6.07, 6.45) is 0.0623. The molecule has 2 aromatic rings. The van der Waals surface area contributed by atoms with Crippen molar-refractivity contribution in [2.75, 3.05) is 32.1 Å². The molecule has 4 nitrogen and oxygen atoms in total. The molecule has 4 heteroatoms. The zero-order chi connectivity index (χ0) is 15.4. The number of hydrogen-bond donors (Lipinski definition) is 1. The molecule has 0 aromatic heterocycles. The number of benzene rings is 2. The van der Waals surface area contributed by atoms with E-state index in [2.05, 4.69) is 17.3 Å². The fourth-order valence-corrected chi connectivity index (χ4v) is 2.59. The lowest BCUT2D eigenvalue weighted by atomic mass is 10.1. The molecule has 1 aliphatic heterocycles.